The second-order valence-corrected chi connectivity index (χ2v) is 5.79. The molecule has 2 heteroatoms. The van der Waals surface area contributed by atoms with Crippen molar-refractivity contribution in [1.29, 1.82) is 0 Å². The summed E-state index contributed by atoms with van der Waals surface area (Å²) in [6, 6.07) is 17.6. The van der Waals surface area contributed by atoms with Gasteiger partial charge in [-0.1, -0.05) is 36.4 Å². The molecule has 2 nitrogen and oxygen atoms in total. The van der Waals surface area contributed by atoms with Crippen LogP contribution in [0.3, 0.4) is 0 Å². The Morgan fingerprint density at radius 1 is 1.10 bits per heavy atom. The SMILES string of the molecule is CCN(Cc1ccccc1)c1ccc(CC(C)N)c(C)c1. The average Bonchev–Trinajstić information content (AvgIpc) is 2.47. The van der Waals surface area contributed by atoms with Gasteiger partial charge in [0.1, 0.15) is 0 Å². The molecule has 0 saturated carbocycles. The second-order valence-electron chi connectivity index (χ2n) is 5.79. The van der Waals surface area contributed by atoms with Gasteiger partial charge in [-0.25, -0.2) is 0 Å². The first-order valence-corrected chi connectivity index (χ1v) is 7.74. The molecular weight excluding hydrogens is 256 g/mol. The summed E-state index contributed by atoms with van der Waals surface area (Å²) in [5.74, 6) is 0. The highest BCUT2D eigenvalue weighted by molar-refractivity contribution is 5.51. The van der Waals surface area contributed by atoms with E-state index < -0.39 is 0 Å². The standard InChI is InChI=1S/C19H26N2/c1-4-21(14-17-8-6-5-7-9-17)19-11-10-18(13-16(3)20)15(2)12-19/h5-12,16H,4,13-14,20H2,1-3H3. The molecule has 0 bridgehead atoms. The number of nitrogens with two attached hydrogens (primary N) is 1. The van der Waals surface area contributed by atoms with Gasteiger partial charge in [0.2, 0.25) is 0 Å². The zero-order valence-corrected chi connectivity index (χ0v) is 13.3. The Kier molecular flexibility index (Phi) is 5.40. The summed E-state index contributed by atoms with van der Waals surface area (Å²) < 4.78 is 0. The van der Waals surface area contributed by atoms with E-state index in [0.29, 0.717) is 0 Å². The highest BCUT2D eigenvalue weighted by Gasteiger charge is 2.08. The molecule has 0 saturated heterocycles. The summed E-state index contributed by atoms with van der Waals surface area (Å²) >= 11 is 0. The van der Waals surface area contributed by atoms with E-state index in [9.17, 15) is 0 Å². The van der Waals surface area contributed by atoms with Gasteiger partial charge in [0.25, 0.3) is 0 Å². The van der Waals surface area contributed by atoms with Crippen molar-refractivity contribution in [2.75, 3.05) is 11.4 Å². The minimum absolute atomic E-state index is 0.209. The van der Waals surface area contributed by atoms with Gasteiger partial charge in [-0.15, -0.1) is 0 Å². The molecule has 112 valence electrons. The molecule has 2 aromatic rings. The molecule has 0 radical (unpaired) electrons. The third-order valence-electron chi connectivity index (χ3n) is 3.83. The van der Waals surface area contributed by atoms with Crippen LogP contribution in [-0.4, -0.2) is 12.6 Å². The topological polar surface area (TPSA) is 29.3 Å². The van der Waals surface area contributed by atoms with Crippen LogP contribution in [0.5, 0.6) is 0 Å². The number of rotatable bonds is 6. The molecule has 0 aliphatic heterocycles. The second kappa shape index (κ2) is 7.28. The highest BCUT2D eigenvalue weighted by atomic mass is 15.1. The number of nitrogens with zero attached hydrogens (tertiary/aromatic N) is 1. The van der Waals surface area contributed by atoms with Crippen LogP contribution in [0.15, 0.2) is 48.5 Å². The van der Waals surface area contributed by atoms with Crippen LogP contribution in [-0.2, 0) is 13.0 Å². The molecule has 1 unspecified atom stereocenters. The summed E-state index contributed by atoms with van der Waals surface area (Å²) in [7, 11) is 0. The van der Waals surface area contributed by atoms with Crippen LogP contribution < -0.4 is 10.6 Å². The van der Waals surface area contributed by atoms with Gasteiger partial charge in [-0.05, 0) is 56.0 Å². The van der Waals surface area contributed by atoms with Crippen molar-refractivity contribution in [3.63, 3.8) is 0 Å². The maximum atomic E-state index is 5.91. The number of benzene rings is 2. The van der Waals surface area contributed by atoms with Crippen molar-refractivity contribution in [1.82, 2.24) is 0 Å². The fourth-order valence-corrected chi connectivity index (χ4v) is 2.64. The van der Waals surface area contributed by atoms with Gasteiger partial charge in [0.15, 0.2) is 0 Å². The zero-order valence-electron chi connectivity index (χ0n) is 13.3. The maximum Gasteiger partial charge on any atom is 0.0429 e. The molecule has 0 heterocycles. The summed E-state index contributed by atoms with van der Waals surface area (Å²) in [6.07, 6.45) is 0.941. The van der Waals surface area contributed by atoms with Gasteiger partial charge in [0, 0.05) is 24.8 Å². The fourth-order valence-electron chi connectivity index (χ4n) is 2.64. The van der Waals surface area contributed by atoms with Gasteiger partial charge < -0.3 is 10.6 Å². The quantitative estimate of drug-likeness (QED) is 0.870. The molecule has 2 rings (SSSR count). The Balaban J connectivity index is 2.17. The molecule has 1 atom stereocenters. The Bertz CT molecular complexity index is 561. The zero-order chi connectivity index (χ0) is 15.2. The number of anilines is 1. The summed E-state index contributed by atoms with van der Waals surface area (Å²) in [4.78, 5) is 2.40. The lowest BCUT2D eigenvalue weighted by Crippen LogP contribution is -2.22. The lowest BCUT2D eigenvalue weighted by molar-refractivity contribution is 0.734. The van der Waals surface area contributed by atoms with Crippen molar-refractivity contribution < 1.29 is 0 Å². The van der Waals surface area contributed by atoms with Gasteiger partial charge in [-0.3, -0.25) is 0 Å². The maximum absolute atomic E-state index is 5.91. The number of hydrogen-bond acceptors (Lipinski definition) is 2. The minimum Gasteiger partial charge on any atom is -0.367 e. The molecule has 21 heavy (non-hydrogen) atoms. The van der Waals surface area contributed by atoms with Crippen LogP contribution in [0.2, 0.25) is 0 Å². The molecule has 0 aliphatic rings. The van der Waals surface area contributed by atoms with Crippen LogP contribution in [0.1, 0.15) is 30.5 Å². The van der Waals surface area contributed by atoms with Crippen LogP contribution in [0.25, 0.3) is 0 Å². The molecule has 0 aromatic heterocycles. The van der Waals surface area contributed by atoms with Crippen molar-refractivity contribution in [2.24, 2.45) is 5.73 Å². The van der Waals surface area contributed by atoms with E-state index in [1.165, 1.54) is 22.4 Å². The molecule has 0 amide bonds. The summed E-state index contributed by atoms with van der Waals surface area (Å²) in [5, 5.41) is 0. The van der Waals surface area contributed by atoms with Gasteiger partial charge in [0.05, 0.1) is 0 Å². The van der Waals surface area contributed by atoms with E-state index in [0.717, 1.165) is 19.5 Å². The van der Waals surface area contributed by atoms with E-state index in [4.69, 9.17) is 5.73 Å². The predicted octanol–water partition coefficient (Wildman–Crippen LogP) is 3.91. The third kappa shape index (κ3) is 4.33. The van der Waals surface area contributed by atoms with Crippen molar-refractivity contribution in [3.8, 4) is 0 Å². The lowest BCUT2D eigenvalue weighted by Gasteiger charge is -2.24. The molecule has 0 fully saturated rings. The Morgan fingerprint density at radius 3 is 2.38 bits per heavy atom. The van der Waals surface area contributed by atoms with E-state index in [-0.39, 0.29) is 6.04 Å². The normalized spacial score (nSPS) is 12.2. The van der Waals surface area contributed by atoms with E-state index in [2.05, 4.69) is 74.2 Å². The monoisotopic (exact) mass is 282 g/mol. The Hall–Kier alpha value is -1.80. The highest BCUT2D eigenvalue weighted by Crippen LogP contribution is 2.22. The van der Waals surface area contributed by atoms with E-state index >= 15 is 0 Å². The molecular formula is C19H26N2. The van der Waals surface area contributed by atoms with Crippen LogP contribution in [0.4, 0.5) is 5.69 Å². The van der Waals surface area contributed by atoms with Crippen LogP contribution >= 0.6 is 0 Å². The third-order valence-corrected chi connectivity index (χ3v) is 3.83. The molecule has 2 N–H and O–H groups in total. The van der Waals surface area contributed by atoms with Crippen LogP contribution in [0, 0.1) is 6.92 Å². The van der Waals surface area contributed by atoms with E-state index in [1.54, 1.807) is 0 Å². The summed E-state index contributed by atoms with van der Waals surface area (Å²) in [5.41, 5.74) is 11.2. The van der Waals surface area contributed by atoms with Crippen molar-refractivity contribution in [3.05, 3.63) is 65.2 Å². The first kappa shape index (κ1) is 15.6. The smallest absolute Gasteiger partial charge is 0.0429 e. The number of aryl methyl sites for hydroxylation is 1. The summed E-state index contributed by atoms with van der Waals surface area (Å²) in [6.45, 7) is 8.39. The van der Waals surface area contributed by atoms with Crippen molar-refractivity contribution in [2.45, 2.75) is 39.8 Å². The Labute approximate surface area is 128 Å². The molecule has 0 aliphatic carbocycles. The van der Waals surface area contributed by atoms with Gasteiger partial charge in [-0.2, -0.15) is 0 Å². The largest absolute Gasteiger partial charge is 0.367 e. The average molecular weight is 282 g/mol. The van der Waals surface area contributed by atoms with Gasteiger partial charge >= 0.3 is 0 Å². The lowest BCUT2D eigenvalue weighted by atomic mass is 10.0. The Morgan fingerprint density at radius 2 is 1.81 bits per heavy atom. The van der Waals surface area contributed by atoms with Crippen molar-refractivity contribution >= 4 is 5.69 Å². The molecule has 0 spiro atoms. The first-order valence-electron chi connectivity index (χ1n) is 7.74. The molecule has 2 aromatic carbocycles. The number of hydrogen-bond donors (Lipinski definition) is 1. The first-order chi connectivity index (χ1) is 10.1. The van der Waals surface area contributed by atoms with E-state index in [1.807, 2.05) is 0 Å². The fraction of sp³-hybridized carbons (Fsp3) is 0.368. The predicted molar refractivity (Wildman–Crippen MR) is 91.7 cm³/mol. The minimum atomic E-state index is 0.209.